The van der Waals surface area contributed by atoms with E-state index in [1.165, 1.54) is 0 Å². The van der Waals surface area contributed by atoms with Crippen LogP contribution in [0.5, 0.6) is 0 Å². The average molecular weight is 485 g/mol. The second-order valence-corrected chi connectivity index (χ2v) is 10.1. The fourth-order valence-electron chi connectivity index (χ4n) is 5.13. The summed E-state index contributed by atoms with van der Waals surface area (Å²) in [5.74, 6) is -0.0791. The van der Waals surface area contributed by atoms with E-state index in [-0.39, 0.29) is 18.5 Å². The second kappa shape index (κ2) is 10.8. The fourth-order valence-corrected chi connectivity index (χ4v) is 5.13. The number of aliphatic hydroxyl groups is 1. The summed E-state index contributed by atoms with van der Waals surface area (Å²) in [4.78, 5) is 42.6. The average Bonchev–Trinajstić information content (AvgIpc) is 3.45. The minimum absolute atomic E-state index is 0.0791. The van der Waals surface area contributed by atoms with Gasteiger partial charge in [0.2, 0.25) is 0 Å². The Morgan fingerprint density at radius 3 is 2.77 bits per heavy atom. The predicted octanol–water partition coefficient (Wildman–Crippen LogP) is 2.57. The van der Waals surface area contributed by atoms with Gasteiger partial charge in [-0.3, -0.25) is 9.80 Å². The minimum atomic E-state index is -1.09. The first kappa shape index (κ1) is 25.2. The molecule has 1 aromatic carbocycles. The van der Waals surface area contributed by atoms with Gasteiger partial charge < -0.3 is 24.9 Å². The number of benzene rings is 1. The highest BCUT2D eigenvalue weighted by Gasteiger charge is 2.42. The molecule has 0 saturated carbocycles. The molecule has 9 heteroatoms. The molecule has 0 aliphatic carbocycles. The molecule has 2 N–H and O–H groups in total. The van der Waals surface area contributed by atoms with E-state index < -0.39 is 30.5 Å². The van der Waals surface area contributed by atoms with Crippen LogP contribution in [0.4, 0.5) is 9.59 Å². The number of carbonyl (C=O) groups is 3. The Bertz CT molecular complexity index is 980. The number of nitrogens with zero attached hydrogens (tertiary/aromatic N) is 3. The zero-order valence-corrected chi connectivity index (χ0v) is 20.7. The Hall–Kier alpha value is -2.91. The van der Waals surface area contributed by atoms with Gasteiger partial charge in [0.05, 0.1) is 18.6 Å². The monoisotopic (exact) mass is 484 g/mol. The summed E-state index contributed by atoms with van der Waals surface area (Å²) < 4.78 is 5.79. The molecule has 2 unspecified atom stereocenters. The van der Waals surface area contributed by atoms with Crippen molar-refractivity contribution >= 4 is 24.5 Å². The Morgan fingerprint density at radius 1 is 1.23 bits per heavy atom. The van der Waals surface area contributed by atoms with Crippen LogP contribution in [0, 0.1) is 5.92 Å². The zero-order valence-electron chi connectivity index (χ0n) is 20.7. The van der Waals surface area contributed by atoms with Gasteiger partial charge in [-0.25, -0.2) is 9.59 Å². The molecule has 3 heterocycles. The number of carbonyl (C=O) groups excluding carboxylic acids is 3. The smallest absolute Gasteiger partial charge is 0.410 e. The Balaban J connectivity index is 1.59. The Labute approximate surface area is 206 Å². The van der Waals surface area contributed by atoms with Crippen molar-refractivity contribution in [2.75, 3.05) is 20.1 Å². The van der Waals surface area contributed by atoms with Crippen LogP contribution < -0.4 is 5.32 Å². The maximum absolute atomic E-state index is 13.0. The van der Waals surface area contributed by atoms with E-state index in [1.807, 2.05) is 32.0 Å². The van der Waals surface area contributed by atoms with E-state index in [2.05, 4.69) is 17.5 Å². The van der Waals surface area contributed by atoms with Crippen molar-refractivity contribution < 1.29 is 24.2 Å². The Morgan fingerprint density at radius 2 is 2.03 bits per heavy atom. The lowest BCUT2D eigenvalue weighted by Crippen LogP contribution is -2.57. The van der Waals surface area contributed by atoms with Crippen molar-refractivity contribution in [3.05, 3.63) is 41.0 Å². The van der Waals surface area contributed by atoms with Crippen LogP contribution in [0.1, 0.15) is 49.8 Å². The molecule has 190 valence electrons. The van der Waals surface area contributed by atoms with Crippen molar-refractivity contribution in [1.82, 2.24) is 20.0 Å². The first-order valence-electron chi connectivity index (χ1n) is 12.4. The summed E-state index contributed by atoms with van der Waals surface area (Å²) in [5.41, 5.74) is 3.30. The molecule has 3 aliphatic rings. The third-order valence-corrected chi connectivity index (χ3v) is 7.22. The number of amides is 3. The molecule has 3 amide bonds. The van der Waals surface area contributed by atoms with Crippen LogP contribution in [0.25, 0.3) is 6.08 Å². The summed E-state index contributed by atoms with van der Waals surface area (Å²) in [7, 11) is 1.74. The number of ether oxygens (including phenoxy) is 1. The zero-order chi connectivity index (χ0) is 25.1. The second-order valence-electron chi connectivity index (χ2n) is 10.1. The van der Waals surface area contributed by atoms with Gasteiger partial charge in [0.15, 0.2) is 0 Å². The molecule has 3 aliphatic heterocycles. The van der Waals surface area contributed by atoms with E-state index in [0.29, 0.717) is 26.1 Å². The van der Waals surface area contributed by atoms with Gasteiger partial charge in [0, 0.05) is 33.1 Å². The third-order valence-electron chi connectivity index (χ3n) is 7.22. The van der Waals surface area contributed by atoms with Crippen LogP contribution in [-0.2, 0) is 22.6 Å². The Kier molecular flexibility index (Phi) is 7.76. The number of aliphatic hydroxyl groups excluding tert-OH is 1. The fraction of sp³-hybridized carbons (Fsp3) is 0.577. The van der Waals surface area contributed by atoms with Gasteiger partial charge in [-0.1, -0.05) is 44.2 Å². The lowest BCUT2D eigenvalue weighted by atomic mass is 10.0. The molecule has 0 radical (unpaired) electrons. The van der Waals surface area contributed by atoms with Crippen LogP contribution in [0.3, 0.4) is 0 Å². The number of hydrogen-bond acceptors (Lipinski definition) is 6. The van der Waals surface area contributed by atoms with Gasteiger partial charge >= 0.3 is 12.1 Å². The summed E-state index contributed by atoms with van der Waals surface area (Å²) in [6, 6.07) is 4.61. The number of allylic oxidation sites excluding steroid dienone is 1. The summed E-state index contributed by atoms with van der Waals surface area (Å²) >= 11 is 0. The quantitative estimate of drug-likeness (QED) is 0.626. The molecule has 9 nitrogen and oxygen atoms in total. The summed E-state index contributed by atoms with van der Waals surface area (Å²) in [5, 5.41) is 14.1. The number of nitrogens with one attached hydrogen (secondary N) is 1. The highest BCUT2D eigenvalue weighted by atomic mass is 16.6. The van der Waals surface area contributed by atoms with Crippen molar-refractivity contribution in [2.24, 2.45) is 5.92 Å². The van der Waals surface area contributed by atoms with Gasteiger partial charge in [0.25, 0.3) is 0 Å². The standard InChI is InChI=1S/C26H36N4O5/c1-17(2)23-24(32)30-14-21(12-20(30)16-31)35-26(34)29-13-19-10-7-9-18(22(19)15-29)8-5-4-6-11-28(3)25(33)27-23/h5,7-10,16-17,20-21,23-24,32H,4,6,11-15H2,1-3H3,(H,27,33)/b8-5+/t20-,21+,23-,24?/m0/s1. The molecule has 1 fully saturated rings. The van der Waals surface area contributed by atoms with Crippen molar-refractivity contribution in [2.45, 2.75) is 70.6 Å². The number of rotatable bonds is 2. The van der Waals surface area contributed by atoms with Gasteiger partial charge in [-0.05, 0) is 35.4 Å². The lowest BCUT2D eigenvalue weighted by Gasteiger charge is -2.36. The van der Waals surface area contributed by atoms with E-state index >= 15 is 0 Å². The van der Waals surface area contributed by atoms with Gasteiger partial charge in [-0.2, -0.15) is 0 Å². The maximum Gasteiger partial charge on any atom is 0.410 e. The first-order chi connectivity index (χ1) is 16.8. The molecule has 4 bridgehead atoms. The maximum atomic E-state index is 13.0. The number of urea groups is 1. The van der Waals surface area contributed by atoms with Crippen LogP contribution in [0.15, 0.2) is 24.3 Å². The molecule has 1 saturated heterocycles. The van der Waals surface area contributed by atoms with Gasteiger partial charge in [-0.15, -0.1) is 0 Å². The molecule has 4 rings (SSSR count). The van der Waals surface area contributed by atoms with E-state index in [1.54, 1.807) is 21.7 Å². The molecule has 5 atom stereocenters. The minimum Gasteiger partial charge on any atom is -0.445 e. The van der Waals surface area contributed by atoms with Crippen LogP contribution >= 0.6 is 0 Å². The molecular formula is C26H36N4O5. The highest BCUT2D eigenvalue weighted by Crippen LogP contribution is 2.29. The number of fused-ring (bicyclic) bond motifs is 3. The first-order valence-corrected chi connectivity index (χ1v) is 12.4. The third kappa shape index (κ3) is 5.51. The topological polar surface area (TPSA) is 102 Å². The van der Waals surface area contributed by atoms with Crippen LogP contribution in [-0.4, -0.2) is 82.8 Å². The molecule has 35 heavy (non-hydrogen) atoms. The van der Waals surface area contributed by atoms with Crippen LogP contribution in [0.2, 0.25) is 0 Å². The predicted molar refractivity (Wildman–Crippen MR) is 131 cm³/mol. The molecule has 1 aromatic rings. The molecular weight excluding hydrogens is 448 g/mol. The normalized spacial score (nSPS) is 30.8. The van der Waals surface area contributed by atoms with Crippen molar-refractivity contribution in [3.63, 3.8) is 0 Å². The highest BCUT2D eigenvalue weighted by molar-refractivity contribution is 5.74. The van der Waals surface area contributed by atoms with Gasteiger partial charge in [0.1, 0.15) is 18.6 Å². The van der Waals surface area contributed by atoms with E-state index in [9.17, 15) is 19.5 Å². The lowest BCUT2D eigenvalue weighted by molar-refractivity contribution is -0.117. The van der Waals surface area contributed by atoms with E-state index in [0.717, 1.165) is 35.8 Å². The molecule has 0 spiro atoms. The number of hydrogen-bond donors (Lipinski definition) is 2. The molecule has 0 aromatic heterocycles. The van der Waals surface area contributed by atoms with E-state index in [4.69, 9.17) is 4.74 Å². The number of aldehydes is 1. The van der Waals surface area contributed by atoms with Crippen molar-refractivity contribution in [1.29, 1.82) is 0 Å². The summed E-state index contributed by atoms with van der Waals surface area (Å²) in [6.45, 7) is 5.58. The van der Waals surface area contributed by atoms with Crippen molar-refractivity contribution in [3.8, 4) is 0 Å². The SMILES string of the molecule is CC(C)[C@@H]1NC(=O)N(C)CCC/C=C/c2cccc3c2CN(C3)C(=O)O[C@@H]2C[C@@H](C=O)N(C2)C1O. The summed E-state index contributed by atoms with van der Waals surface area (Å²) in [6.07, 6.45) is 4.83. The largest absolute Gasteiger partial charge is 0.445 e.